The van der Waals surface area contributed by atoms with Crippen LogP contribution in [0, 0.1) is 0 Å². The standard InChI is InChI=1S/C27H25ClN6O/c1-2-17-7-10-20(11-8-17)32-27(35)33-24-13-12-22-15-19(24)9-6-18-4-3-5-21(14-18)31-26-29-16-23(28)25(30-22)34-26/h3-5,7-8,10-16H,2,6,9H2,1H3,(H2,32,33,35)(H2,29,30,31,34). The third-order valence-corrected chi connectivity index (χ3v) is 6.12. The first-order chi connectivity index (χ1) is 17.1. The lowest BCUT2D eigenvalue weighted by Crippen LogP contribution is -2.20. The molecule has 1 aliphatic rings. The molecule has 0 radical (unpaired) electrons. The quantitative estimate of drug-likeness (QED) is 0.253. The number of carbonyl (C=O) groups excluding carboxylic acids is 1. The average Bonchev–Trinajstić information content (AvgIpc) is 2.87. The summed E-state index contributed by atoms with van der Waals surface area (Å²) >= 11 is 6.35. The van der Waals surface area contributed by atoms with Crippen LogP contribution in [-0.4, -0.2) is 16.0 Å². The molecule has 4 aromatic rings. The fourth-order valence-corrected chi connectivity index (χ4v) is 4.11. The van der Waals surface area contributed by atoms with Gasteiger partial charge in [0.2, 0.25) is 5.95 Å². The fourth-order valence-electron chi connectivity index (χ4n) is 3.97. The summed E-state index contributed by atoms with van der Waals surface area (Å²) in [6.07, 6.45) is 4.05. The molecule has 176 valence electrons. The van der Waals surface area contributed by atoms with Crippen LogP contribution in [0.15, 0.2) is 72.9 Å². The van der Waals surface area contributed by atoms with E-state index in [1.165, 1.54) is 5.56 Å². The van der Waals surface area contributed by atoms with Gasteiger partial charge >= 0.3 is 6.03 Å². The lowest BCUT2D eigenvalue weighted by molar-refractivity contribution is 0.262. The number of halogens is 1. The highest BCUT2D eigenvalue weighted by Gasteiger charge is 2.13. The van der Waals surface area contributed by atoms with E-state index < -0.39 is 0 Å². The number of benzene rings is 3. The number of amides is 2. The van der Waals surface area contributed by atoms with Crippen molar-refractivity contribution in [1.29, 1.82) is 0 Å². The van der Waals surface area contributed by atoms with Crippen LogP contribution >= 0.6 is 11.6 Å². The van der Waals surface area contributed by atoms with E-state index in [9.17, 15) is 4.79 Å². The number of carbonyl (C=O) groups is 1. The van der Waals surface area contributed by atoms with Crippen molar-refractivity contribution in [1.82, 2.24) is 9.97 Å². The summed E-state index contributed by atoms with van der Waals surface area (Å²) in [5, 5.41) is 12.8. The molecule has 1 aromatic heterocycles. The van der Waals surface area contributed by atoms with Gasteiger partial charge in [0.1, 0.15) is 5.02 Å². The first-order valence-corrected chi connectivity index (χ1v) is 11.9. The van der Waals surface area contributed by atoms with Gasteiger partial charge in [0.25, 0.3) is 0 Å². The zero-order chi connectivity index (χ0) is 24.2. The maximum Gasteiger partial charge on any atom is 0.323 e. The number of aryl methyl sites for hydroxylation is 3. The molecule has 1 aliphatic heterocycles. The topological polar surface area (TPSA) is 91.0 Å². The minimum atomic E-state index is -0.288. The molecule has 0 atom stereocenters. The van der Waals surface area contributed by atoms with Crippen molar-refractivity contribution in [2.24, 2.45) is 0 Å². The van der Waals surface area contributed by atoms with E-state index in [0.29, 0.717) is 16.8 Å². The molecule has 0 fully saturated rings. The van der Waals surface area contributed by atoms with Gasteiger partial charge < -0.3 is 21.3 Å². The van der Waals surface area contributed by atoms with Gasteiger partial charge in [-0.15, -0.1) is 0 Å². The summed E-state index contributed by atoms with van der Waals surface area (Å²) in [5.41, 5.74) is 6.59. The fraction of sp³-hybridized carbons (Fsp3) is 0.148. The Kier molecular flexibility index (Phi) is 6.50. The highest BCUT2D eigenvalue weighted by atomic mass is 35.5. The minimum absolute atomic E-state index is 0.288. The molecular weight excluding hydrogens is 460 g/mol. The Hall–Kier alpha value is -4.10. The second-order valence-electron chi connectivity index (χ2n) is 8.34. The van der Waals surface area contributed by atoms with Crippen molar-refractivity contribution in [2.45, 2.75) is 26.2 Å². The van der Waals surface area contributed by atoms with E-state index >= 15 is 0 Å². The van der Waals surface area contributed by atoms with E-state index in [1.54, 1.807) is 6.20 Å². The molecule has 2 heterocycles. The van der Waals surface area contributed by atoms with Crippen LogP contribution in [0.3, 0.4) is 0 Å². The molecule has 35 heavy (non-hydrogen) atoms. The molecule has 0 spiro atoms. The first kappa shape index (κ1) is 22.7. The number of urea groups is 1. The highest BCUT2D eigenvalue weighted by Crippen LogP contribution is 2.29. The molecule has 6 bridgehead atoms. The molecule has 0 saturated carbocycles. The number of nitrogens with zero attached hydrogens (tertiary/aromatic N) is 2. The van der Waals surface area contributed by atoms with Gasteiger partial charge in [-0.1, -0.05) is 42.8 Å². The summed E-state index contributed by atoms with van der Waals surface area (Å²) in [6, 6.07) is 21.5. The Labute approximate surface area is 209 Å². The number of rotatable bonds is 3. The van der Waals surface area contributed by atoms with E-state index in [2.05, 4.69) is 50.3 Å². The van der Waals surface area contributed by atoms with Gasteiger partial charge in [-0.05, 0) is 78.4 Å². The molecular formula is C27H25ClN6O. The van der Waals surface area contributed by atoms with Crippen LogP contribution in [0.25, 0.3) is 0 Å². The molecule has 0 unspecified atom stereocenters. The van der Waals surface area contributed by atoms with E-state index in [1.807, 2.05) is 54.6 Å². The van der Waals surface area contributed by atoms with Gasteiger partial charge in [-0.25, -0.2) is 9.78 Å². The van der Waals surface area contributed by atoms with Gasteiger partial charge in [0, 0.05) is 22.7 Å². The summed E-state index contributed by atoms with van der Waals surface area (Å²) in [6.45, 7) is 2.10. The van der Waals surface area contributed by atoms with Crippen LogP contribution in [0.1, 0.15) is 23.6 Å². The first-order valence-electron chi connectivity index (χ1n) is 11.5. The molecule has 0 aliphatic carbocycles. The van der Waals surface area contributed by atoms with Crippen molar-refractivity contribution in [3.8, 4) is 0 Å². The number of anilines is 6. The second kappa shape index (κ2) is 10.0. The van der Waals surface area contributed by atoms with Crippen LogP contribution in [0.4, 0.5) is 39.3 Å². The number of hydrogen-bond donors (Lipinski definition) is 4. The predicted octanol–water partition coefficient (Wildman–Crippen LogP) is 6.92. The van der Waals surface area contributed by atoms with E-state index in [-0.39, 0.29) is 6.03 Å². The average molecular weight is 485 g/mol. The molecule has 2 amide bonds. The van der Waals surface area contributed by atoms with Crippen LogP contribution < -0.4 is 21.3 Å². The molecule has 8 heteroatoms. The lowest BCUT2D eigenvalue weighted by atomic mass is 10.0. The van der Waals surface area contributed by atoms with Gasteiger partial charge in [-0.3, -0.25) is 0 Å². The third kappa shape index (κ3) is 5.53. The SMILES string of the molecule is CCc1ccc(NC(=O)Nc2ccc3cc2CCc2cccc(c2)Nc2ncc(Cl)c(n2)N3)cc1. The van der Waals surface area contributed by atoms with E-state index in [4.69, 9.17) is 11.6 Å². The maximum atomic E-state index is 12.8. The minimum Gasteiger partial charge on any atom is -0.339 e. The van der Waals surface area contributed by atoms with Gasteiger partial charge in [0.05, 0.1) is 6.20 Å². The second-order valence-corrected chi connectivity index (χ2v) is 8.75. The Morgan fingerprint density at radius 2 is 1.80 bits per heavy atom. The number of nitrogens with one attached hydrogen (secondary N) is 4. The summed E-state index contributed by atoms with van der Waals surface area (Å²) in [4.78, 5) is 21.6. The normalized spacial score (nSPS) is 12.2. The third-order valence-electron chi connectivity index (χ3n) is 5.85. The Morgan fingerprint density at radius 3 is 2.63 bits per heavy atom. The smallest absolute Gasteiger partial charge is 0.323 e. The highest BCUT2D eigenvalue weighted by molar-refractivity contribution is 6.32. The van der Waals surface area contributed by atoms with Gasteiger partial charge in [0.15, 0.2) is 5.82 Å². The zero-order valence-electron chi connectivity index (χ0n) is 19.2. The number of aromatic nitrogens is 2. The Balaban J connectivity index is 1.43. The largest absolute Gasteiger partial charge is 0.339 e. The molecule has 4 N–H and O–H groups in total. The molecule has 5 rings (SSSR count). The van der Waals surface area contributed by atoms with Crippen molar-refractivity contribution in [3.63, 3.8) is 0 Å². The van der Waals surface area contributed by atoms with E-state index in [0.717, 1.165) is 53.1 Å². The van der Waals surface area contributed by atoms with Crippen LogP contribution in [-0.2, 0) is 19.3 Å². The summed E-state index contributed by atoms with van der Waals surface area (Å²) in [5.74, 6) is 0.954. The Morgan fingerprint density at radius 1 is 0.971 bits per heavy atom. The summed E-state index contributed by atoms with van der Waals surface area (Å²) < 4.78 is 0. The molecule has 7 nitrogen and oxygen atoms in total. The van der Waals surface area contributed by atoms with Gasteiger partial charge in [-0.2, -0.15) is 4.98 Å². The zero-order valence-corrected chi connectivity index (χ0v) is 20.0. The monoisotopic (exact) mass is 484 g/mol. The molecule has 0 saturated heterocycles. The van der Waals surface area contributed by atoms with Crippen molar-refractivity contribution >= 4 is 52.1 Å². The van der Waals surface area contributed by atoms with Crippen molar-refractivity contribution in [2.75, 3.05) is 21.3 Å². The van der Waals surface area contributed by atoms with Crippen molar-refractivity contribution in [3.05, 3.63) is 94.6 Å². The predicted molar refractivity (Wildman–Crippen MR) is 142 cm³/mol. The lowest BCUT2D eigenvalue weighted by Gasteiger charge is -2.15. The van der Waals surface area contributed by atoms with Crippen LogP contribution in [0.5, 0.6) is 0 Å². The Bertz CT molecular complexity index is 1370. The van der Waals surface area contributed by atoms with Crippen molar-refractivity contribution < 1.29 is 4.79 Å². The molecule has 3 aromatic carbocycles. The maximum absolute atomic E-state index is 12.8. The van der Waals surface area contributed by atoms with Crippen LogP contribution in [0.2, 0.25) is 5.02 Å². The summed E-state index contributed by atoms with van der Waals surface area (Å²) in [7, 11) is 0. The number of hydrogen-bond acceptors (Lipinski definition) is 5. The number of fused-ring (bicyclic) bond motifs is 6.